The van der Waals surface area contributed by atoms with Crippen LogP contribution in [0.2, 0.25) is 0 Å². The van der Waals surface area contributed by atoms with Gasteiger partial charge < -0.3 is 15.5 Å². The van der Waals surface area contributed by atoms with Crippen molar-refractivity contribution in [2.75, 3.05) is 28.6 Å². The Kier molecular flexibility index (Phi) is 5.34. The predicted molar refractivity (Wildman–Crippen MR) is 120 cm³/mol. The van der Waals surface area contributed by atoms with E-state index in [1.807, 2.05) is 12.1 Å². The number of hydrogen-bond acceptors (Lipinski definition) is 8. The summed E-state index contributed by atoms with van der Waals surface area (Å²) in [5, 5.41) is 15.6. The van der Waals surface area contributed by atoms with E-state index in [4.69, 9.17) is 0 Å². The molecule has 9 nitrogen and oxygen atoms in total. The molecule has 4 heterocycles. The molecule has 32 heavy (non-hydrogen) atoms. The second kappa shape index (κ2) is 8.59. The van der Waals surface area contributed by atoms with Gasteiger partial charge in [0, 0.05) is 37.0 Å². The van der Waals surface area contributed by atoms with E-state index in [1.54, 1.807) is 30.7 Å². The molecular formula is C23H22N8O. The van der Waals surface area contributed by atoms with Gasteiger partial charge in [-0.05, 0) is 49.9 Å². The lowest BCUT2D eigenvalue weighted by Gasteiger charge is -2.18. The lowest BCUT2D eigenvalue weighted by molar-refractivity contribution is -0.117. The lowest BCUT2D eigenvalue weighted by atomic mass is 10.1. The van der Waals surface area contributed by atoms with Crippen molar-refractivity contribution in [2.24, 2.45) is 5.92 Å². The fraction of sp³-hybridized carbons (Fsp3) is 0.304. The highest BCUT2D eigenvalue weighted by molar-refractivity contribution is 5.93. The fourth-order valence-electron chi connectivity index (χ4n) is 3.69. The number of aromatic nitrogens is 4. The van der Waals surface area contributed by atoms with Gasteiger partial charge >= 0.3 is 0 Å². The fourth-order valence-corrected chi connectivity index (χ4v) is 3.69. The second-order valence-electron chi connectivity index (χ2n) is 7.99. The van der Waals surface area contributed by atoms with Crippen LogP contribution in [0.4, 0.5) is 23.3 Å². The van der Waals surface area contributed by atoms with E-state index in [0.29, 0.717) is 28.7 Å². The zero-order valence-electron chi connectivity index (χ0n) is 17.5. The Bertz CT molecular complexity index is 1180. The minimum Gasteiger partial charge on any atom is -0.356 e. The Morgan fingerprint density at radius 2 is 1.94 bits per heavy atom. The van der Waals surface area contributed by atoms with Crippen molar-refractivity contribution in [2.45, 2.75) is 25.7 Å². The molecule has 2 fully saturated rings. The van der Waals surface area contributed by atoms with Crippen molar-refractivity contribution >= 4 is 29.2 Å². The van der Waals surface area contributed by atoms with Crippen molar-refractivity contribution in [3.05, 3.63) is 48.4 Å². The molecule has 160 valence electrons. The highest BCUT2D eigenvalue weighted by Crippen LogP contribution is 2.30. The molecule has 1 saturated carbocycles. The number of nitrogens with zero attached hydrogens (tertiary/aromatic N) is 6. The zero-order valence-corrected chi connectivity index (χ0v) is 17.5. The molecule has 0 bridgehead atoms. The number of carbonyl (C=O) groups excluding carboxylic acids is 1. The van der Waals surface area contributed by atoms with Crippen LogP contribution < -0.4 is 15.5 Å². The number of anilines is 4. The Morgan fingerprint density at radius 3 is 2.66 bits per heavy atom. The number of rotatable bonds is 6. The predicted octanol–water partition coefficient (Wildman–Crippen LogP) is 3.50. The highest BCUT2D eigenvalue weighted by atomic mass is 16.2. The van der Waals surface area contributed by atoms with Gasteiger partial charge in [0.25, 0.3) is 0 Å². The first-order chi connectivity index (χ1) is 15.7. The van der Waals surface area contributed by atoms with Gasteiger partial charge in [-0.25, -0.2) is 19.9 Å². The van der Waals surface area contributed by atoms with Crippen LogP contribution in [-0.4, -0.2) is 38.9 Å². The van der Waals surface area contributed by atoms with Crippen LogP contribution in [0.3, 0.4) is 0 Å². The van der Waals surface area contributed by atoms with Gasteiger partial charge in [-0.2, -0.15) is 5.26 Å². The number of hydrogen-bond donors (Lipinski definition) is 2. The maximum absolute atomic E-state index is 11.8. The van der Waals surface area contributed by atoms with Gasteiger partial charge in [0.05, 0.1) is 23.1 Å². The third-order valence-electron chi connectivity index (χ3n) is 5.56. The van der Waals surface area contributed by atoms with E-state index in [9.17, 15) is 10.1 Å². The van der Waals surface area contributed by atoms with E-state index < -0.39 is 0 Å². The van der Waals surface area contributed by atoms with Gasteiger partial charge in [0.2, 0.25) is 11.9 Å². The number of nitriles is 1. The number of carbonyl (C=O) groups is 1. The van der Waals surface area contributed by atoms with Gasteiger partial charge in [-0.1, -0.05) is 0 Å². The van der Waals surface area contributed by atoms with Crippen molar-refractivity contribution < 1.29 is 4.79 Å². The van der Waals surface area contributed by atoms with Gasteiger partial charge in [0.15, 0.2) is 0 Å². The molecule has 1 saturated heterocycles. The molecule has 3 aromatic rings. The highest BCUT2D eigenvalue weighted by Gasteiger charge is 2.29. The maximum Gasteiger partial charge on any atom is 0.228 e. The van der Waals surface area contributed by atoms with Crippen LogP contribution >= 0.6 is 0 Å². The van der Waals surface area contributed by atoms with E-state index in [0.717, 1.165) is 50.2 Å². The van der Waals surface area contributed by atoms with Gasteiger partial charge in [-0.15, -0.1) is 0 Å². The molecule has 1 aliphatic carbocycles. The molecular weight excluding hydrogens is 404 g/mol. The third-order valence-corrected chi connectivity index (χ3v) is 5.56. The Hall–Kier alpha value is -4.06. The number of nitrogens with one attached hydrogen (secondary N) is 2. The molecule has 3 aromatic heterocycles. The van der Waals surface area contributed by atoms with Crippen LogP contribution in [0.1, 0.15) is 31.2 Å². The maximum atomic E-state index is 11.8. The van der Waals surface area contributed by atoms with E-state index in [1.165, 1.54) is 0 Å². The van der Waals surface area contributed by atoms with E-state index in [2.05, 4.69) is 41.5 Å². The van der Waals surface area contributed by atoms with Gasteiger partial charge in [-0.3, -0.25) is 4.79 Å². The molecule has 9 heteroatoms. The summed E-state index contributed by atoms with van der Waals surface area (Å²) in [6, 6.07) is 9.43. The summed E-state index contributed by atoms with van der Waals surface area (Å²) in [5.41, 5.74) is 2.67. The normalized spacial score (nSPS) is 15.3. The largest absolute Gasteiger partial charge is 0.356 e. The smallest absolute Gasteiger partial charge is 0.228 e. The molecule has 1 aliphatic heterocycles. The summed E-state index contributed by atoms with van der Waals surface area (Å²) >= 11 is 0. The monoisotopic (exact) mass is 426 g/mol. The van der Waals surface area contributed by atoms with Crippen LogP contribution in [0.5, 0.6) is 0 Å². The van der Waals surface area contributed by atoms with Crippen molar-refractivity contribution in [1.82, 2.24) is 19.9 Å². The SMILES string of the molecule is N#Cc1cc(-c2ccnc(Nc3ccc(NC(=O)C4CC4)nc3)n2)cnc1N1CCCC1. The second-order valence-corrected chi connectivity index (χ2v) is 7.99. The molecule has 2 N–H and O–H groups in total. The van der Waals surface area contributed by atoms with Crippen molar-refractivity contribution in [3.63, 3.8) is 0 Å². The molecule has 0 atom stereocenters. The molecule has 2 aliphatic rings. The molecule has 0 aromatic carbocycles. The average molecular weight is 426 g/mol. The molecule has 5 rings (SSSR count). The number of amides is 1. The third kappa shape index (κ3) is 4.34. The minimum atomic E-state index is 0.0235. The Labute approximate surface area is 185 Å². The molecule has 0 spiro atoms. The lowest BCUT2D eigenvalue weighted by Crippen LogP contribution is -2.20. The van der Waals surface area contributed by atoms with Gasteiger partial charge in [0.1, 0.15) is 17.7 Å². The summed E-state index contributed by atoms with van der Waals surface area (Å²) in [6.45, 7) is 1.86. The molecule has 1 amide bonds. The minimum absolute atomic E-state index is 0.0235. The topological polar surface area (TPSA) is 120 Å². The van der Waals surface area contributed by atoms with Crippen LogP contribution in [0, 0.1) is 17.2 Å². The van der Waals surface area contributed by atoms with E-state index in [-0.39, 0.29) is 11.8 Å². The van der Waals surface area contributed by atoms with Crippen molar-refractivity contribution in [3.8, 4) is 17.3 Å². The average Bonchev–Trinajstić information content (AvgIpc) is 3.55. The standard InChI is InChI=1S/C23H22N8O/c24-12-16-11-17(13-27-21(16)31-9-1-2-10-31)19-7-8-25-23(29-19)28-18-5-6-20(26-14-18)30-22(32)15-3-4-15/h5-8,11,13-15H,1-4,9-10H2,(H,25,28,29)(H,26,30,32). The summed E-state index contributed by atoms with van der Waals surface area (Å²) in [6.07, 6.45) is 9.17. The quantitative estimate of drug-likeness (QED) is 0.615. The first-order valence-corrected chi connectivity index (χ1v) is 10.7. The number of pyridine rings is 2. The Morgan fingerprint density at radius 1 is 1.09 bits per heavy atom. The summed E-state index contributed by atoms with van der Waals surface area (Å²) in [5.74, 6) is 1.82. The van der Waals surface area contributed by atoms with Crippen LogP contribution in [-0.2, 0) is 4.79 Å². The van der Waals surface area contributed by atoms with Crippen LogP contribution in [0.15, 0.2) is 42.9 Å². The summed E-state index contributed by atoms with van der Waals surface area (Å²) < 4.78 is 0. The Balaban J connectivity index is 1.31. The summed E-state index contributed by atoms with van der Waals surface area (Å²) in [4.78, 5) is 31.7. The van der Waals surface area contributed by atoms with Crippen LogP contribution in [0.25, 0.3) is 11.3 Å². The van der Waals surface area contributed by atoms with E-state index >= 15 is 0 Å². The molecule has 0 radical (unpaired) electrons. The summed E-state index contributed by atoms with van der Waals surface area (Å²) in [7, 11) is 0. The first-order valence-electron chi connectivity index (χ1n) is 10.7. The molecule has 0 unspecified atom stereocenters. The van der Waals surface area contributed by atoms with Crippen molar-refractivity contribution in [1.29, 1.82) is 5.26 Å². The first kappa shape index (κ1) is 19.9. The zero-order chi connectivity index (χ0) is 21.9.